The number of thioether (sulfide) groups is 1. The van der Waals surface area contributed by atoms with Crippen LogP contribution in [0.5, 0.6) is 11.5 Å². The third kappa shape index (κ3) is 4.21. The standard InChI is InChI=1S/C17H16N2O5S/c1-11(25-14-5-3-13(4-6-14)19(21)22)17(20)18-9-12-2-7-15-16(8-12)24-10-23-15/h2-8,11H,9-10H2,1H3,(H,18,20). The van der Waals surface area contributed by atoms with Crippen LogP contribution in [0.15, 0.2) is 47.4 Å². The van der Waals surface area contributed by atoms with Crippen LogP contribution < -0.4 is 14.8 Å². The first kappa shape index (κ1) is 17.1. The summed E-state index contributed by atoms with van der Waals surface area (Å²) in [6.45, 7) is 2.40. The first-order valence-electron chi connectivity index (χ1n) is 7.60. The zero-order valence-corrected chi connectivity index (χ0v) is 14.2. The van der Waals surface area contributed by atoms with E-state index in [1.807, 2.05) is 18.2 Å². The van der Waals surface area contributed by atoms with Gasteiger partial charge in [0.1, 0.15) is 0 Å². The zero-order valence-electron chi connectivity index (χ0n) is 13.4. The lowest BCUT2D eigenvalue weighted by atomic mass is 10.2. The molecule has 7 nitrogen and oxygen atoms in total. The number of nitro benzene ring substituents is 1. The van der Waals surface area contributed by atoms with Crippen molar-refractivity contribution in [3.05, 3.63) is 58.1 Å². The highest BCUT2D eigenvalue weighted by Gasteiger charge is 2.16. The molecule has 0 fully saturated rings. The maximum atomic E-state index is 12.2. The van der Waals surface area contributed by atoms with Crippen molar-refractivity contribution in [1.29, 1.82) is 0 Å². The van der Waals surface area contributed by atoms with Crippen molar-refractivity contribution >= 4 is 23.4 Å². The molecule has 1 N–H and O–H groups in total. The van der Waals surface area contributed by atoms with Crippen LogP contribution in [-0.2, 0) is 11.3 Å². The topological polar surface area (TPSA) is 90.7 Å². The second kappa shape index (κ2) is 7.43. The lowest BCUT2D eigenvalue weighted by Gasteiger charge is -2.12. The Balaban J connectivity index is 1.53. The van der Waals surface area contributed by atoms with E-state index in [9.17, 15) is 14.9 Å². The van der Waals surface area contributed by atoms with E-state index in [0.29, 0.717) is 18.0 Å². The molecule has 1 unspecified atom stereocenters. The molecule has 0 radical (unpaired) electrons. The molecule has 2 aromatic rings. The van der Waals surface area contributed by atoms with E-state index in [1.54, 1.807) is 19.1 Å². The second-order valence-corrected chi connectivity index (χ2v) is 6.83. The van der Waals surface area contributed by atoms with Crippen molar-refractivity contribution in [1.82, 2.24) is 5.32 Å². The minimum absolute atomic E-state index is 0.0317. The van der Waals surface area contributed by atoms with E-state index < -0.39 is 4.92 Å². The van der Waals surface area contributed by atoms with Gasteiger partial charge < -0.3 is 14.8 Å². The third-order valence-electron chi connectivity index (χ3n) is 3.63. The van der Waals surface area contributed by atoms with Crippen LogP contribution in [0.25, 0.3) is 0 Å². The number of nitrogens with one attached hydrogen (secondary N) is 1. The van der Waals surface area contributed by atoms with E-state index in [-0.39, 0.29) is 23.6 Å². The molecule has 130 valence electrons. The molecule has 0 aromatic heterocycles. The van der Waals surface area contributed by atoms with Crippen molar-refractivity contribution in [2.24, 2.45) is 0 Å². The molecule has 1 atom stereocenters. The van der Waals surface area contributed by atoms with Crippen LogP contribution in [0.1, 0.15) is 12.5 Å². The smallest absolute Gasteiger partial charge is 0.269 e. The molecule has 2 aromatic carbocycles. The van der Waals surface area contributed by atoms with Gasteiger partial charge in [0, 0.05) is 23.6 Å². The number of nitro groups is 1. The average molecular weight is 360 g/mol. The average Bonchev–Trinajstić information content (AvgIpc) is 3.07. The maximum Gasteiger partial charge on any atom is 0.269 e. The molecule has 0 bridgehead atoms. The fourth-order valence-electron chi connectivity index (χ4n) is 2.29. The number of non-ortho nitro benzene ring substituents is 1. The van der Waals surface area contributed by atoms with E-state index in [4.69, 9.17) is 9.47 Å². The first-order chi connectivity index (χ1) is 12.0. The van der Waals surface area contributed by atoms with Crippen LogP contribution in [0.2, 0.25) is 0 Å². The summed E-state index contributed by atoms with van der Waals surface area (Å²) in [6.07, 6.45) is 0. The Bertz CT molecular complexity index is 794. The Kier molecular flexibility index (Phi) is 5.08. The number of hydrogen-bond acceptors (Lipinski definition) is 6. The SMILES string of the molecule is CC(Sc1ccc([N+](=O)[O-])cc1)C(=O)NCc1ccc2c(c1)OCO2. The van der Waals surface area contributed by atoms with E-state index in [0.717, 1.165) is 10.5 Å². The molecule has 0 spiro atoms. The van der Waals surface area contributed by atoms with Crippen LogP contribution >= 0.6 is 11.8 Å². The Morgan fingerprint density at radius 2 is 1.96 bits per heavy atom. The summed E-state index contributed by atoms with van der Waals surface area (Å²) >= 11 is 1.35. The fourth-order valence-corrected chi connectivity index (χ4v) is 3.18. The highest BCUT2D eigenvalue weighted by Crippen LogP contribution is 2.32. The van der Waals surface area contributed by atoms with Gasteiger partial charge in [-0.15, -0.1) is 11.8 Å². The number of nitrogens with zero attached hydrogens (tertiary/aromatic N) is 1. The number of rotatable bonds is 6. The number of carbonyl (C=O) groups is 1. The van der Waals surface area contributed by atoms with Crippen molar-refractivity contribution in [3.8, 4) is 11.5 Å². The molecule has 0 saturated carbocycles. The molecule has 0 aliphatic carbocycles. The number of ether oxygens (including phenoxy) is 2. The second-order valence-electron chi connectivity index (χ2n) is 5.42. The number of hydrogen-bond donors (Lipinski definition) is 1. The molecule has 8 heteroatoms. The molecule has 3 rings (SSSR count). The van der Waals surface area contributed by atoms with Crippen LogP contribution in [0.4, 0.5) is 5.69 Å². The van der Waals surface area contributed by atoms with E-state index >= 15 is 0 Å². The summed E-state index contributed by atoms with van der Waals surface area (Å²) in [5.41, 5.74) is 0.953. The molecular formula is C17H16N2O5S. The minimum atomic E-state index is -0.448. The van der Waals surface area contributed by atoms with Crippen molar-refractivity contribution in [2.75, 3.05) is 6.79 Å². The third-order valence-corrected chi connectivity index (χ3v) is 4.75. The molecule has 1 aliphatic heterocycles. The van der Waals surface area contributed by atoms with Gasteiger partial charge in [-0.2, -0.15) is 0 Å². The molecule has 0 saturated heterocycles. The lowest BCUT2D eigenvalue weighted by molar-refractivity contribution is -0.384. The van der Waals surface area contributed by atoms with Crippen molar-refractivity contribution in [3.63, 3.8) is 0 Å². The Labute approximate surface area is 148 Å². The Hall–Kier alpha value is -2.74. The normalized spacial score (nSPS) is 13.3. The predicted octanol–water partition coefficient (Wildman–Crippen LogP) is 3.12. The van der Waals surface area contributed by atoms with E-state index in [1.165, 1.54) is 23.9 Å². The number of amides is 1. The Morgan fingerprint density at radius 3 is 2.68 bits per heavy atom. The zero-order chi connectivity index (χ0) is 17.8. The number of carbonyl (C=O) groups excluding carboxylic acids is 1. The lowest BCUT2D eigenvalue weighted by Crippen LogP contribution is -2.30. The van der Waals surface area contributed by atoms with Gasteiger partial charge in [-0.3, -0.25) is 14.9 Å². The van der Waals surface area contributed by atoms with Crippen LogP contribution in [0, 0.1) is 10.1 Å². The fraction of sp³-hybridized carbons (Fsp3) is 0.235. The summed E-state index contributed by atoms with van der Waals surface area (Å²) in [4.78, 5) is 23.2. The summed E-state index contributed by atoms with van der Waals surface area (Å²) in [6, 6.07) is 11.7. The maximum absolute atomic E-state index is 12.2. The van der Waals surface area contributed by atoms with E-state index in [2.05, 4.69) is 5.32 Å². The van der Waals surface area contributed by atoms with Crippen LogP contribution in [0.3, 0.4) is 0 Å². The molecule has 1 heterocycles. The van der Waals surface area contributed by atoms with Crippen molar-refractivity contribution < 1.29 is 19.2 Å². The summed E-state index contributed by atoms with van der Waals surface area (Å²) < 4.78 is 10.6. The minimum Gasteiger partial charge on any atom is -0.454 e. The Morgan fingerprint density at radius 1 is 1.24 bits per heavy atom. The summed E-state index contributed by atoms with van der Waals surface area (Å²) in [5, 5.41) is 13.2. The first-order valence-corrected chi connectivity index (χ1v) is 8.48. The van der Waals surface area contributed by atoms with Gasteiger partial charge in [-0.25, -0.2) is 0 Å². The van der Waals surface area contributed by atoms with Gasteiger partial charge in [0.2, 0.25) is 12.7 Å². The predicted molar refractivity (Wildman–Crippen MR) is 92.8 cm³/mol. The van der Waals surface area contributed by atoms with Crippen LogP contribution in [-0.4, -0.2) is 22.9 Å². The highest BCUT2D eigenvalue weighted by atomic mass is 32.2. The molecule has 25 heavy (non-hydrogen) atoms. The largest absolute Gasteiger partial charge is 0.454 e. The monoisotopic (exact) mass is 360 g/mol. The van der Waals surface area contributed by atoms with Gasteiger partial charge in [-0.05, 0) is 36.8 Å². The summed E-state index contributed by atoms with van der Waals surface area (Å²) in [5.74, 6) is 1.28. The number of fused-ring (bicyclic) bond motifs is 1. The number of benzene rings is 2. The summed E-state index contributed by atoms with van der Waals surface area (Å²) in [7, 11) is 0. The van der Waals surface area contributed by atoms with Gasteiger partial charge in [0.15, 0.2) is 11.5 Å². The quantitative estimate of drug-likeness (QED) is 0.483. The molecular weight excluding hydrogens is 344 g/mol. The molecule has 1 aliphatic rings. The van der Waals surface area contributed by atoms with Gasteiger partial charge in [0.05, 0.1) is 10.2 Å². The van der Waals surface area contributed by atoms with Crippen molar-refractivity contribution in [2.45, 2.75) is 23.6 Å². The highest BCUT2D eigenvalue weighted by molar-refractivity contribution is 8.00. The van der Waals surface area contributed by atoms with Gasteiger partial charge >= 0.3 is 0 Å². The van der Waals surface area contributed by atoms with Gasteiger partial charge in [-0.1, -0.05) is 6.07 Å². The molecule has 1 amide bonds. The van der Waals surface area contributed by atoms with Gasteiger partial charge in [0.25, 0.3) is 5.69 Å².